The first kappa shape index (κ1) is 12.5. The summed E-state index contributed by atoms with van der Waals surface area (Å²) in [6.45, 7) is 3.96. The van der Waals surface area contributed by atoms with Crippen LogP contribution in [0.15, 0.2) is 18.3 Å². The fourth-order valence-electron chi connectivity index (χ4n) is 2.45. The van der Waals surface area contributed by atoms with Crippen molar-refractivity contribution in [1.29, 1.82) is 0 Å². The SMILES string of the molecule is CNC(CC1CCOCC1)c1cc(C)ccn1. The largest absolute Gasteiger partial charge is 0.381 e. The predicted octanol–water partition coefficient (Wildman–Crippen LogP) is 2.47. The van der Waals surface area contributed by atoms with Gasteiger partial charge in [-0.1, -0.05) is 0 Å². The third kappa shape index (κ3) is 3.51. The number of aryl methyl sites for hydroxylation is 1. The second kappa shape index (κ2) is 6.12. The molecule has 1 N–H and O–H groups in total. The summed E-state index contributed by atoms with van der Waals surface area (Å²) >= 11 is 0. The topological polar surface area (TPSA) is 34.1 Å². The number of aromatic nitrogens is 1. The quantitative estimate of drug-likeness (QED) is 0.869. The molecule has 1 aromatic heterocycles. The molecular weight excluding hydrogens is 212 g/mol. The van der Waals surface area contributed by atoms with E-state index >= 15 is 0 Å². The highest BCUT2D eigenvalue weighted by molar-refractivity contribution is 5.17. The van der Waals surface area contributed by atoms with E-state index in [9.17, 15) is 0 Å². The van der Waals surface area contributed by atoms with Crippen LogP contribution in [-0.4, -0.2) is 25.2 Å². The number of nitrogens with one attached hydrogen (secondary N) is 1. The van der Waals surface area contributed by atoms with Crippen LogP contribution >= 0.6 is 0 Å². The molecule has 0 bridgehead atoms. The second-order valence-corrected chi connectivity index (χ2v) is 4.89. The zero-order valence-corrected chi connectivity index (χ0v) is 10.8. The minimum Gasteiger partial charge on any atom is -0.381 e. The Morgan fingerprint density at radius 2 is 2.24 bits per heavy atom. The normalized spacial score (nSPS) is 19.2. The lowest BCUT2D eigenvalue weighted by atomic mass is 9.91. The molecule has 1 saturated heterocycles. The monoisotopic (exact) mass is 234 g/mol. The van der Waals surface area contributed by atoms with Gasteiger partial charge < -0.3 is 10.1 Å². The van der Waals surface area contributed by atoms with Gasteiger partial charge in [-0.05, 0) is 56.8 Å². The summed E-state index contributed by atoms with van der Waals surface area (Å²) in [6, 6.07) is 4.60. The average Bonchev–Trinajstić information content (AvgIpc) is 2.37. The molecule has 0 saturated carbocycles. The lowest BCUT2D eigenvalue weighted by Gasteiger charge is -2.26. The first-order valence-electron chi connectivity index (χ1n) is 6.47. The van der Waals surface area contributed by atoms with Gasteiger partial charge in [-0.3, -0.25) is 4.98 Å². The van der Waals surface area contributed by atoms with Crippen molar-refractivity contribution in [2.45, 2.75) is 32.2 Å². The molecule has 0 aliphatic carbocycles. The molecule has 0 radical (unpaired) electrons. The first-order valence-corrected chi connectivity index (χ1v) is 6.47. The van der Waals surface area contributed by atoms with E-state index in [1.807, 2.05) is 19.3 Å². The van der Waals surface area contributed by atoms with Crippen molar-refractivity contribution in [2.75, 3.05) is 20.3 Å². The molecule has 1 aliphatic heterocycles. The van der Waals surface area contributed by atoms with Gasteiger partial charge in [-0.15, -0.1) is 0 Å². The Morgan fingerprint density at radius 1 is 1.47 bits per heavy atom. The maximum Gasteiger partial charge on any atom is 0.0575 e. The Bertz CT molecular complexity index is 348. The summed E-state index contributed by atoms with van der Waals surface area (Å²) in [5, 5.41) is 3.39. The van der Waals surface area contributed by atoms with Gasteiger partial charge in [0.1, 0.15) is 0 Å². The Balaban J connectivity index is 2.00. The molecule has 2 rings (SSSR count). The lowest BCUT2D eigenvalue weighted by Crippen LogP contribution is -2.24. The van der Waals surface area contributed by atoms with Gasteiger partial charge >= 0.3 is 0 Å². The van der Waals surface area contributed by atoms with Gasteiger partial charge in [0.2, 0.25) is 0 Å². The zero-order valence-electron chi connectivity index (χ0n) is 10.8. The highest BCUT2D eigenvalue weighted by Gasteiger charge is 2.20. The molecule has 3 heteroatoms. The second-order valence-electron chi connectivity index (χ2n) is 4.89. The van der Waals surface area contributed by atoms with Crippen molar-refractivity contribution in [3.05, 3.63) is 29.6 Å². The summed E-state index contributed by atoms with van der Waals surface area (Å²) in [6.07, 6.45) is 5.43. The van der Waals surface area contributed by atoms with Crippen molar-refractivity contribution in [3.8, 4) is 0 Å². The molecule has 1 fully saturated rings. The molecule has 0 aromatic carbocycles. The van der Waals surface area contributed by atoms with Crippen LogP contribution in [0, 0.1) is 12.8 Å². The third-order valence-corrected chi connectivity index (χ3v) is 3.55. The maximum atomic E-state index is 5.40. The fourth-order valence-corrected chi connectivity index (χ4v) is 2.45. The van der Waals surface area contributed by atoms with E-state index in [1.54, 1.807) is 0 Å². The van der Waals surface area contributed by atoms with E-state index in [0.717, 1.165) is 25.6 Å². The van der Waals surface area contributed by atoms with Gasteiger partial charge in [0.25, 0.3) is 0 Å². The molecule has 2 heterocycles. The van der Waals surface area contributed by atoms with Gasteiger partial charge in [-0.25, -0.2) is 0 Å². The Labute approximate surface area is 104 Å². The number of rotatable bonds is 4. The molecule has 94 valence electrons. The van der Waals surface area contributed by atoms with Crippen LogP contribution in [0.2, 0.25) is 0 Å². The molecule has 0 spiro atoms. The van der Waals surface area contributed by atoms with Gasteiger partial charge in [-0.2, -0.15) is 0 Å². The minimum absolute atomic E-state index is 0.373. The molecule has 1 unspecified atom stereocenters. The molecule has 1 aromatic rings. The van der Waals surface area contributed by atoms with Crippen molar-refractivity contribution >= 4 is 0 Å². The number of hydrogen-bond donors (Lipinski definition) is 1. The average molecular weight is 234 g/mol. The van der Waals surface area contributed by atoms with Gasteiger partial charge in [0.05, 0.1) is 5.69 Å². The number of nitrogens with zero attached hydrogens (tertiary/aromatic N) is 1. The van der Waals surface area contributed by atoms with Crippen LogP contribution in [-0.2, 0) is 4.74 Å². The number of ether oxygens (including phenoxy) is 1. The van der Waals surface area contributed by atoms with Crippen LogP contribution in [0.4, 0.5) is 0 Å². The highest BCUT2D eigenvalue weighted by atomic mass is 16.5. The Kier molecular flexibility index (Phi) is 4.51. The lowest BCUT2D eigenvalue weighted by molar-refractivity contribution is 0.0606. The third-order valence-electron chi connectivity index (χ3n) is 3.55. The van der Waals surface area contributed by atoms with Crippen molar-refractivity contribution in [1.82, 2.24) is 10.3 Å². The highest BCUT2D eigenvalue weighted by Crippen LogP contribution is 2.26. The van der Waals surface area contributed by atoms with E-state index in [-0.39, 0.29) is 0 Å². The van der Waals surface area contributed by atoms with Crippen molar-refractivity contribution in [3.63, 3.8) is 0 Å². The number of pyridine rings is 1. The molecule has 3 nitrogen and oxygen atoms in total. The summed E-state index contributed by atoms with van der Waals surface area (Å²) in [7, 11) is 2.02. The van der Waals surface area contributed by atoms with Crippen LogP contribution < -0.4 is 5.32 Å². The minimum atomic E-state index is 0.373. The molecular formula is C14H22N2O. The predicted molar refractivity (Wildman–Crippen MR) is 68.9 cm³/mol. The van der Waals surface area contributed by atoms with Crippen LogP contribution in [0.1, 0.15) is 36.6 Å². The standard InChI is InChI=1S/C14H22N2O/c1-11-3-6-16-14(9-11)13(15-2)10-12-4-7-17-8-5-12/h3,6,9,12-13,15H,4-5,7-8,10H2,1-2H3. The fraction of sp³-hybridized carbons (Fsp3) is 0.643. The van der Waals surface area contributed by atoms with Gasteiger partial charge in [0.15, 0.2) is 0 Å². The summed E-state index contributed by atoms with van der Waals surface area (Å²) in [4.78, 5) is 4.48. The molecule has 17 heavy (non-hydrogen) atoms. The smallest absolute Gasteiger partial charge is 0.0575 e. The van der Waals surface area contributed by atoms with Crippen LogP contribution in [0.5, 0.6) is 0 Å². The maximum absolute atomic E-state index is 5.40. The van der Waals surface area contributed by atoms with E-state index in [2.05, 4.69) is 23.3 Å². The Morgan fingerprint density at radius 3 is 2.88 bits per heavy atom. The Hall–Kier alpha value is -0.930. The van der Waals surface area contributed by atoms with Crippen molar-refractivity contribution < 1.29 is 4.74 Å². The van der Waals surface area contributed by atoms with E-state index in [4.69, 9.17) is 4.74 Å². The van der Waals surface area contributed by atoms with Crippen LogP contribution in [0.3, 0.4) is 0 Å². The van der Waals surface area contributed by atoms with E-state index in [0.29, 0.717) is 6.04 Å². The molecule has 1 aliphatic rings. The van der Waals surface area contributed by atoms with E-state index in [1.165, 1.54) is 24.1 Å². The zero-order chi connectivity index (χ0) is 12.1. The summed E-state index contributed by atoms with van der Waals surface area (Å²) in [5.41, 5.74) is 2.45. The summed E-state index contributed by atoms with van der Waals surface area (Å²) < 4.78 is 5.40. The summed E-state index contributed by atoms with van der Waals surface area (Å²) in [5.74, 6) is 0.767. The van der Waals surface area contributed by atoms with Crippen molar-refractivity contribution in [2.24, 2.45) is 5.92 Å². The molecule has 1 atom stereocenters. The van der Waals surface area contributed by atoms with Crippen LogP contribution in [0.25, 0.3) is 0 Å². The first-order chi connectivity index (χ1) is 8.29. The number of hydrogen-bond acceptors (Lipinski definition) is 3. The van der Waals surface area contributed by atoms with Gasteiger partial charge in [0, 0.05) is 25.5 Å². The van der Waals surface area contributed by atoms with E-state index < -0.39 is 0 Å². The molecule has 0 amide bonds.